The summed E-state index contributed by atoms with van der Waals surface area (Å²) in [4.78, 5) is 0. The first-order valence-corrected chi connectivity index (χ1v) is 5.07. The van der Waals surface area contributed by atoms with Crippen molar-refractivity contribution in [3.05, 3.63) is 23.8 Å². The van der Waals surface area contributed by atoms with E-state index >= 15 is 0 Å². The van der Waals surface area contributed by atoms with Gasteiger partial charge >= 0.3 is 0 Å². The molecule has 76 valence electrons. The molecule has 0 aliphatic heterocycles. The van der Waals surface area contributed by atoms with Gasteiger partial charge in [0.25, 0.3) is 0 Å². The van der Waals surface area contributed by atoms with E-state index in [1.165, 1.54) is 0 Å². The Morgan fingerprint density at radius 1 is 1.43 bits per heavy atom. The van der Waals surface area contributed by atoms with E-state index in [0.717, 1.165) is 31.0 Å². The van der Waals surface area contributed by atoms with Gasteiger partial charge in [0.1, 0.15) is 11.6 Å². The molecule has 1 heterocycles. The summed E-state index contributed by atoms with van der Waals surface area (Å²) in [5.74, 6) is 2.58. The van der Waals surface area contributed by atoms with Crippen LogP contribution in [0.1, 0.15) is 30.4 Å². The third-order valence-corrected chi connectivity index (χ3v) is 2.69. The molecule has 4 heteroatoms. The van der Waals surface area contributed by atoms with Crippen LogP contribution >= 0.6 is 0 Å². The highest BCUT2D eigenvalue weighted by Gasteiger charge is 2.19. The summed E-state index contributed by atoms with van der Waals surface area (Å²) in [5, 5.41) is 8.34. The summed E-state index contributed by atoms with van der Waals surface area (Å²) in [7, 11) is 0. The van der Waals surface area contributed by atoms with Crippen molar-refractivity contribution in [1.82, 2.24) is 14.8 Å². The summed E-state index contributed by atoms with van der Waals surface area (Å²) in [6.07, 6.45) is 6.59. The molecule has 1 aliphatic rings. The highest BCUT2D eigenvalue weighted by Crippen LogP contribution is 2.28. The lowest BCUT2D eigenvalue weighted by atomic mass is 10.1. The summed E-state index contributed by atoms with van der Waals surface area (Å²) >= 11 is 0. The highest BCUT2D eigenvalue weighted by molar-refractivity contribution is 5.10. The SMILES string of the molecule is Cc1nnc(C2CC=CC2)n1CCN. The number of hydrogen-bond acceptors (Lipinski definition) is 3. The van der Waals surface area contributed by atoms with Gasteiger partial charge in [-0.3, -0.25) is 0 Å². The Morgan fingerprint density at radius 3 is 2.79 bits per heavy atom. The maximum Gasteiger partial charge on any atom is 0.136 e. The van der Waals surface area contributed by atoms with Crippen LogP contribution in [0.25, 0.3) is 0 Å². The summed E-state index contributed by atoms with van der Waals surface area (Å²) in [5.41, 5.74) is 5.56. The van der Waals surface area contributed by atoms with Gasteiger partial charge in [-0.15, -0.1) is 10.2 Å². The minimum absolute atomic E-state index is 0.516. The third-order valence-electron chi connectivity index (χ3n) is 2.69. The smallest absolute Gasteiger partial charge is 0.136 e. The molecule has 0 unspecified atom stereocenters. The molecule has 0 bridgehead atoms. The van der Waals surface area contributed by atoms with E-state index in [0.29, 0.717) is 12.5 Å². The van der Waals surface area contributed by atoms with Crippen LogP contribution in [0.3, 0.4) is 0 Å². The van der Waals surface area contributed by atoms with Crippen molar-refractivity contribution in [2.24, 2.45) is 5.73 Å². The van der Waals surface area contributed by atoms with Gasteiger partial charge in [0.2, 0.25) is 0 Å². The second kappa shape index (κ2) is 3.92. The Bertz CT molecular complexity index is 332. The standard InChI is InChI=1S/C10H16N4/c1-8-12-13-10(14(8)7-6-11)9-4-2-3-5-9/h2-3,9H,4-7,11H2,1H3. The van der Waals surface area contributed by atoms with Gasteiger partial charge in [0, 0.05) is 19.0 Å². The van der Waals surface area contributed by atoms with E-state index < -0.39 is 0 Å². The molecule has 0 aromatic carbocycles. The number of allylic oxidation sites excluding steroid dienone is 2. The molecule has 1 aromatic heterocycles. The molecule has 14 heavy (non-hydrogen) atoms. The first kappa shape index (κ1) is 9.40. The fourth-order valence-electron chi connectivity index (χ4n) is 1.93. The van der Waals surface area contributed by atoms with Crippen molar-refractivity contribution < 1.29 is 0 Å². The van der Waals surface area contributed by atoms with Crippen LogP contribution in [0, 0.1) is 6.92 Å². The predicted molar refractivity (Wildman–Crippen MR) is 54.9 cm³/mol. The van der Waals surface area contributed by atoms with Gasteiger partial charge in [-0.05, 0) is 19.8 Å². The zero-order valence-electron chi connectivity index (χ0n) is 8.48. The van der Waals surface area contributed by atoms with E-state index in [9.17, 15) is 0 Å². The Labute approximate surface area is 83.8 Å². The summed E-state index contributed by atoms with van der Waals surface area (Å²) < 4.78 is 2.14. The van der Waals surface area contributed by atoms with E-state index in [1.807, 2.05) is 6.92 Å². The Morgan fingerprint density at radius 2 is 2.14 bits per heavy atom. The highest BCUT2D eigenvalue weighted by atomic mass is 15.3. The lowest BCUT2D eigenvalue weighted by molar-refractivity contribution is 0.588. The molecular formula is C10H16N4. The molecule has 0 atom stereocenters. The molecular weight excluding hydrogens is 176 g/mol. The molecule has 0 radical (unpaired) electrons. The van der Waals surface area contributed by atoms with Gasteiger partial charge in [0.05, 0.1) is 0 Å². The minimum Gasteiger partial charge on any atom is -0.329 e. The maximum atomic E-state index is 5.56. The maximum absolute atomic E-state index is 5.56. The van der Waals surface area contributed by atoms with E-state index in [-0.39, 0.29) is 0 Å². The molecule has 0 saturated heterocycles. The van der Waals surface area contributed by atoms with E-state index in [2.05, 4.69) is 26.9 Å². The second-order valence-corrected chi connectivity index (χ2v) is 3.69. The van der Waals surface area contributed by atoms with Crippen LogP contribution in [-0.2, 0) is 6.54 Å². The minimum atomic E-state index is 0.516. The predicted octanol–water partition coefficient (Wildman–Crippen LogP) is 0.979. The second-order valence-electron chi connectivity index (χ2n) is 3.69. The molecule has 0 fully saturated rings. The third kappa shape index (κ3) is 1.57. The summed E-state index contributed by atoms with van der Waals surface area (Å²) in [6.45, 7) is 3.45. The quantitative estimate of drug-likeness (QED) is 0.726. The van der Waals surface area contributed by atoms with Crippen LogP contribution in [0.4, 0.5) is 0 Å². The van der Waals surface area contributed by atoms with Crippen molar-refractivity contribution in [1.29, 1.82) is 0 Å². The monoisotopic (exact) mass is 192 g/mol. The van der Waals surface area contributed by atoms with Gasteiger partial charge in [-0.25, -0.2) is 0 Å². The largest absolute Gasteiger partial charge is 0.329 e. The normalized spacial score (nSPS) is 16.7. The molecule has 0 saturated carbocycles. The zero-order chi connectivity index (χ0) is 9.97. The Balaban J connectivity index is 2.23. The Kier molecular flexibility index (Phi) is 2.63. The van der Waals surface area contributed by atoms with Crippen molar-refractivity contribution in [2.75, 3.05) is 6.54 Å². The van der Waals surface area contributed by atoms with Gasteiger partial charge < -0.3 is 10.3 Å². The molecule has 0 spiro atoms. The van der Waals surface area contributed by atoms with Crippen molar-refractivity contribution in [3.8, 4) is 0 Å². The lowest BCUT2D eigenvalue weighted by Gasteiger charge is -2.11. The Hall–Kier alpha value is -1.16. The number of nitrogens with two attached hydrogens (primary N) is 1. The first-order valence-electron chi connectivity index (χ1n) is 5.07. The fourth-order valence-corrected chi connectivity index (χ4v) is 1.93. The van der Waals surface area contributed by atoms with Crippen molar-refractivity contribution in [2.45, 2.75) is 32.2 Å². The molecule has 1 aliphatic carbocycles. The summed E-state index contributed by atoms with van der Waals surface area (Å²) in [6, 6.07) is 0. The van der Waals surface area contributed by atoms with Crippen molar-refractivity contribution in [3.63, 3.8) is 0 Å². The van der Waals surface area contributed by atoms with Crippen LogP contribution < -0.4 is 5.73 Å². The van der Waals surface area contributed by atoms with E-state index in [4.69, 9.17) is 5.73 Å². The topological polar surface area (TPSA) is 56.7 Å². The number of aryl methyl sites for hydroxylation is 1. The number of aromatic nitrogens is 3. The number of rotatable bonds is 3. The van der Waals surface area contributed by atoms with Gasteiger partial charge in [0.15, 0.2) is 0 Å². The number of hydrogen-bond donors (Lipinski definition) is 1. The molecule has 0 amide bonds. The van der Waals surface area contributed by atoms with Crippen molar-refractivity contribution >= 4 is 0 Å². The average Bonchev–Trinajstić information content (AvgIpc) is 2.77. The fraction of sp³-hybridized carbons (Fsp3) is 0.600. The molecule has 4 nitrogen and oxygen atoms in total. The lowest BCUT2D eigenvalue weighted by Crippen LogP contribution is -2.15. The number of nitrogens with zero attached hydrogens (tertiary/aromatic N) is 3. The van der Waals surface area contributed by atoms with Gasteiger partial charge in [-0.2, -0.15) is 0 Å². The van der Waals surface area contributed by atoms with Crippen LogP contribution in [0.5, 0.6) is 0 Å². The zero-order valence-corrected chi connectivity index (χ0v) is 8.48. The molecule has 1 aromatic rings. The van der Waals surface area contributed by atoms with Gasteiger partial charge in [-0.1, -0.05) is 12.2 Å². The first-order chi connectivity index (χ1) is 6.83. The molecule has 2 N–H and O–H groups in total. The van der Waals surface area contributed by atoms with Crippen LogP contribution in [-0.4, -0.2) is 21.3 Å². The average molecular weight is 192 g/mol. The van der Waals surface area contributed by atoms with E-state index in [1.54, 1.807) is 0 Å². The van der Waals surface area contributed by atoms with Crippen LogP contribution in [0.15, 0.2) is 12.2 Å². The van der Waals surface area contributed by atoms with Crippen LogP contribution in [0.2, 0.25) is 0 Å². The molecule has 2 rings (SSSR count).